The highest BCUT2D eigenvalue weighted by molar-refractivity contribution is 5.94. The molecule has 18 heavy (non-hydrogen) atoms. The first-order valence-corrected chi connectivity index (χ1v) is 5.37. The van der Waals surface area contributed by atoms with Crippen molar-refractivity contribution in [2.24, 2.45) is 0 Å². The van der Waals surface area contributed by atoms with Crippen LogP contribution in [-0.2, 0) is 9.59 Å². The molecule has 6 nitrogen and oxygen atoms in total. The number of carbonyl (C=O) groups is 2. The largest absolute Gasteiger partial charge is 0.481 e. The molecule has 2 aromatic rings. The second-order valence-corrected chi connectivity index (χ2v) is 3.70. The van der Waals surface area contributed by atoms with Gasteiger partial charge in [0.1, 0.15) is 0 Å². The molecule has 1 amide bonds. The van der Waals surface area contributed by atoms with Gasteiger partial charge in [-0.05, 0) is 18.2 Å². The summed E-state index contributed by atoms with van der Waals surface area (Å²) in [4.78, 5) is 30.0. The van der Waals surface area contributed by atoms with Gasteiger partial charge in [0.2, 0.25) is 5.91 Å². The molecule has 0 spiro atoms. The first-order chi connectivity index (χ1) is 8.65. The van der Waals surface area contributed by atoms with Gasteiger partial charge in [-0.15, -0.1) is 0 Å². The molecule has 1 heterocycles. The standard InChI is InChI=1S/C12H11N3O3/c16-11(3-4-12(17)18)15-8-1-2-9-10(7-8)14-6-5-13-9/h1-2,5-7H,3-4H2,(H,15,16)(H,17,18). The van der Waals surface area contributed by atoms with Crippen molar-refractivity contribution in [1.82, 2.24) is 9.97 Å². The first kappa shape index (κ1) is 12.0. The molecule has 0 unspecified atom stereocenters. The SMILES string of the molecule is O=C(O)CCC(=O)Nc1ccc2nccnc2c1. The molecule has 0 aliphatic carbocycles. The summed E-state index contributed by atoms with van der Waals surface area (Å²) in [5.74, 6) is -1.32. The molecule has 0 atom stereocenters. The van der Waals surface area contributed by atoms with Crippen molar-refractivity contribution in [3.8, 4) is 0 Å². The van der Waals surface area contributed by atoms with E-state index in [2.05, 4.69) is 15.3 Å². The van der Waals surface area contributed by atoms with E-state index in [0.29, 0.717) is 11.2 Å². The Balaban J connectivity index is 2.07. The van der Waals surface area contributed by atoms with Crippen molar-refractivity contribution >= 4 is 28.6 Å². The molecule has 0 bridgehead atoms. The molecule has 0 aliphatic rings. The van der Waals surface area contributed by atoms with Crippen LogP contribution in [0.3, 0.4) is 0 Å². The fourth-order valence-electron chi connectivity index (χ4n) is 1.48. The molecule has 2 rings (SSSR count). The summed E-state index contributed by atoms with van der Waals surface area (Å²) in [6.45, 7) is 0. The number of rotatable bonds is 4. The van der Waals surface area contributed by atoms with E-state index in [-0.39, 0.29) is 18.7 Å². The van der Waals surface area contributed by atoms with Crippen LogP contribution in [0.15, 0.2) is 30.6 Å². The quantitative estimate of drug-likeness (QED) is 0.850. The zero-order chi connectivity index (χ0) is 13.0. The normalized spacial score (nSPS) is 10.2. The highest BCUT2D eigenvalue weighted by atomic mass is 16.4. The summed E-state index contributed by atoms with van der Waals surface area (Å²) in [5.41, 5.74) is 1.99. The van der Waals surface area contributed by atoms with Crippen LogP contribution in [0.25, 0.3) is 11.0 Å². The molecule has 0 aliphatic heterocycles. The van der Waals surface area contributed by atoms with Gasteiger partial charge in [-0.25, -0.2) is 0 Å². The fraction of sp³-hybridized carbons (Fsp3) is 0.167. The lowest BCUT2D eigenvalue weighted by atomic mass is 10.2. The number of aliphatic carboxylic acids is 1. The number of carboxylic acids is 1. The van der Waals surface area contributed by atoms with Crippen molar-refractivity contribution in [2.75, 3.05) is 5.32 Å². The summed E-state index contributed by atoms with van der Waals surface area (Å²) in [6, 6.07) is 5.14. The summed E-state index contributed by atoms with van der Waals surface area (Å²) in [5, 5.41) is 11.1. The molecule has 6 heteroatoms. The number of carboxylic acid groups (broad SMARTS) is 1. The molecule has 0 fully saturated rings. The van der Waals surface area contributed by atoms with Gasteiger partial charge in [0.25, 0.3) is 0 Å². The highest BCUT2D eigenvalue weighted by Crippen LogP contribution is 2.15. The van der Waals surface area contributed by atoms with Gasteiger partial charge in [0, 0.05) is 24.5 Å². The van der Waals surface area contributed by atoms with Crippen molar-refractivity contribution in [3.05, 3.63) is 30.6 Å². The molecule has 0 saturated heterocycles. The summed E-state index contributed by atoms with van der Waals surface area (Å²) >= 11 is 0. The average molecular weight is 245 g/mol. The van der Waals surface area contributed by atoms with Gasteiger partial charge in [0.15, 0.2) is 0 Å². The Bertz CT molecular complexity index is 598. The van der Waals surface area contributed by atoms with Crippen LogP contribution >= 0.6 is 0 Å². The first-order valence-electron chi connectivity index (χ1n) is 5.37. The number of hydrogen-bond donors (Lipinski definition) is 2. The Morgan fingerprint density at radius 1 is 1.11 bits per heavy atom. The zero-order valence-electron chi connectivity index (χ0n) is 9.46. The minimum Gasteiger partial charge on any atom is -0.481 e. The van der Waals surface area contributed by atoms with E-state index < -0.39 is 5.97 Å². The number of fused-ring (bicyclic) bond motifs is 1. The van der Waals surface area contributed by atoms with Crippen molar-refractivity contribution in [2.45, 2.75) is 12.8 Å². The Morgan fingerprint density at radius 2 is 1.83 bits per heavy atom. The number of nitrogens with zero attached hydrogens (tertiary/aromatic N) is 2. The van der Waals surface area contributed by atoms with Gasteiger partial charge < -0.3 is 10.4 Å². The number of anilines is 1. The number of carbonyl (C=O) groups excluding carboxylic acids is 1. The molecular weight excluding hydrogens is 234 g/mol. The van der Waals surface area contributed by atoms with E-state index in [1.165, 1.54) is 0 Å². The minimum absolute atomic E-state index is 0.0478. The topological polar surface area (TPSA) is 92.2 Å². The summed E-state index contributed by atoms with van der Waals surface area (Å²) < 4.78 is 0. The van der Waals surface area contributed by atoms with Crippen LogP contribution in [0.1, 0.15) is 12.8 Å². The highest BCUT2D eigenvalue weighted by Gasteiger charge is 2.06. The van der Waals surface area contributed by atoms with Crippen molar-refractivity contribution < 1.29 is 14.7 Å². The lowest BCUT2D eigenvalue weighted by Gasteiger charge is -2.04. The van der Waals surface area contributed by atoms with Crippen LogP contribution in [-0.4, -0.2) is 27.0 Å². The van der Waals surface area contributed by atoms with Crippen LogP contribution in [0.4, 0.5) is 5.69 Å². The van der Waals surface area contributed by atoms with Gasteiger partial charge in [-0.1, -0.05) is 0 Å². The van der Waals surface area contributed by atoms with E-state index >= 15 is 0 Å². The van der Waals surface area contributed by atoms with Crippen molar-refractivity contribution in [1.29, 1.82) is 0 Å². The van der Waals surface area contributed by atoms with Crippen LogP contribution in [0.2, 0.25) is 0 Å². The van der Waals surface area contributed by atoms with E-state index in [1.54, 1.807) is 30.6 Å². The molecular formula is C12H11N3O3. The van der Waals surface area contributed by atoms with E-state index in [0.717, 1.165) is 5.52 Å². The van der Waals surface area contributed by atoms with Crippen LogP contribution in [0, 0.1) is 0 Å². The average Bonchev–Trinajstić information content (AvgIpc) is 2.36. The maximum absolute atomic E-state index is 11.4. The van der Waals surface area contributed by atoms with Crippen molar-refractivity contribution in [3.63, 3.8) is 0 Å². The summed E-state index contributed by atoms with van der Waals surface area (Å²) in [6.07, 6.45) is 2.93. The second kappa shape index (κ2) is 5.22. The van der Waals surface area contributed by atoms with Crippen LogP contribution < -0.4 is 5.32 Å². The summed E-state index contributed by atoms with van der Waals surface area (Å²) in [7, 11) is 0. The van der Waals surface area contributed by atoms with Crippen LogP contribution in [0.5, 0.6) is 0 Å². The zero-order valence-corrected chi connectivity index (χ0v) is 9.46. The lowest BCUT2D eigenvalue weighted by Crippen LogP contribution is -2.13. The number of hydrogen-bond acceptors (Lipinski definition) is 4. The molecule has 0 radical (unpaired) electrons. The Morgan fingerprint density at radius 3 is 2.56 bits per heavy atom. The number of benzene rings is 1. The third-order valence-corrected chi connectivity index (χ3v) is 2.32. The molecule has 0 saturated carbocycles. The second-order valence-electron chi connectivity index (χ2n) is 3.70. The van der Waals surface area contributed by atoms with E-state index in [1.807, 2.05) is 0 Å². The molecule has 1 aromatic heterocycles. The predicted molar refractivity (Wildman–Crippen MR) is 65.0 cm³/mol. The van der Waals surface area contributed by atoms with E-state index in [4.69, 9.17) is 5.11 Å². The number of nitrogens with one attached hydrogen (secondary N) is 1. The fourth-order valence-corrected chi connectivity index (χ4v) is 1.48. The number of amides is 1. The van der Waals surface area contributed by atoms with Gasteiger partial charge in [-0.3, -0.25) is 19.6 Å². The third kappa shape index (κ3) is 3.00. The van der Waals surface area contributed by atoms with E-state index in [9.17, 15) is 9.59 Å². The Labute approximate surface area is 103 Å². The lowest BCUT2D eigenvalue weighted by molar-refractivity contribution is -0.138. The third-order valence-electron chi connectivity index (χ3n) is 2.32. The van der Waals surface area contributed by atoms with Gasteiger partial charge >= 0.3 is 5.97 Å². The van der Waals surface area contributed by atoms with Gasteiger partial charge in [-0.2, -0.15) is 0 Å². The Kier molecular flexibility index (Phi) is 3.47. The molecule has 1 aromatic carbocycles. The predicted octanol–water partition coefficient (Wildman–Crippen LogP) is 1.43. The minimum atomic E-state index is -0.991. The smallest absolute Gasteiger partial charge is 0.303 e. The maximum atomic E-state index is 11.4. The monoisotopic (exact) mass is 245 g/mol. The van der Waals surface area contributed by atoms with Gasteiger partial charge in [0.05, 0.1) is 17.5 Å². The molecule has 92 valence electrons. The Hall–Kier alpha value is -2.50. The number of aromatic nitrogens is 2. The molecule has 2 N–H and O–H groups in total. The maximum Gasteiger partial charge on any atom is 0.303 e.